The van der Waals surface area contributed by atoms with Crippen LogP contribution in [0.5, 0.6) is 17.4 Å². The predicted octanol–water partition coefficient (Wildman–Crippen LogP) is 2.81. The minimum Gasteiger partial charge on any atom is -0.481 e. The Morgan fingerprint density at radius 2 is 1.95 bits per heavy atom. The maximum absolute atomic E-state index is 5.82. The minimum absolute atomic E-state index is 0.527. The molecule has 0 aliphatic heterocycles. The number of methoxy groups -OCH3 is 1. The Morgan fingerprint density at radius 1 is 1.16 bits per heavy atom. The number of aromatic nitrogens is 1. The van der Waals surface area contributed by atoms with Gasteiger partial charge in [-0.05, 0) is 19.1 Å². The van der Waals surface area contributed by atoms with Gasteiger partial charge in [-0.15, -0.1) is 0 Å². The summed E-state index contributed by atoms with van der Waals surface area (Å²) in [5.74, 6) is 1.90. The Kier molecular flexibility index (Phi) is 3.75. The zero-order chi connectivity index (χ0) is 13.8. The summed E-state index contributed by atoms with van der Waals surface area (Å²) in [6, 6.07) is 9.04. The highest BCUT2D eigenvalue weighted by Crippen LogP contribution is 2.29. The van der Waals surface area contributed by atoms with Crippen molar-refractivity contribution in [3.05, 3.63) is 36.0 Å². The Balaban J connectivity index is 2.28. The first-order valence-electron chi connectivity index (χ1n) is 5.90. The van der Waals surface area contributed by atoms with Gasteiger partial charge in [-0.1, -0.05) is 0 Å². The van der Waals surface area contributed by atoms with E-state index >= 15 is 0 Å². The molecule has 0 fully saturated rings. The quantitative estimate of drug-likeness (QED) is 0.826. The fourth-order valence-electron chi connectivity index (χ4n) is 1.72. The van der Waals surface area contributed by atoms with Gasteiger partial charge in [0.2, 0.25) is 5.88 Å². The number of nitrogens with zero attached hydrogens (tertiary/aromatic N) is 1. The van der Waals surface area contributed by atoms with Crippen LogP contribution in [0.1, 0.15) is 5.69 Å². The summed E-state index contributed by atoms with van der Waals surface area (Å²) in [7, 11) is 3.39. The summed E-state index contributed by atoms with van der Waals surface area (Å²) in [6.07, 6.45) is 0. The van der Waals surface area contributed by atoms with Gasteiger partial charge in [0.05, 0.1) is 18.5 Å². The molecule has 2 aromatic rings. The Morgan fingerprint density at radius 3 is 2.63 bits per heavy atom. The van der Waals surface area contributed by atoms with Gasteiger partial charge in [-0.2, -0.15) is 0 Å². The van der Waals surface area contributed by atoms with Crippen LogP contribution in [0.4, 0.5) is 11.4 Å². The van der Waals surface area contributed by atoms with Gasteiger partial charge in [-0.25, -0.2) is 4.98 Å². The Labute approximate surface area is 112 Å². The molecule has 1 heterocycles. The number of nitrogens with two attached hydrogens (primary N) is 1. The first kappa shape index (κ1) is 13.0. The van der Waals surface area contributed by atoms with Gasteiger partial charge in [0.1, 0.15) is 11.5 Å². The van der Waals surface area contributed by atoms with Gasteiger partial charge >= 0.3 is 0 Å². The van der Waals surface area contributed by atoms with Crippen LogP contribution in [-0.4, -0.2) is 19.1 Å². The van der Waals surface area contributed by atoms with Gasteiger partial charge in [-0.3, -0.25) is 0 Å². The van der Waals surface area contributed by atoms with E-state index in [1.54, 1.807) is 19.2 Å². The summed E-state index contributed by atoms with van der Waals surface area (Å²) in [4.78, 5) is 4.21. The molecule has 19 heavy (non-hydrogen) atoms. The minimum atomic E-state index is 0.527. The molecular formula is C14H17N3O2. The molecule has 5 heteroatoms. The lowest BCUT2D eigenvalue weighted by molar-refractivity contribution is 0.391. The molecule has 0 radical (unpaired) electrons. The zero-order valence-corrected chi connectivity index (χ0v) is 11.2. The van der Waals surface area contributed by atoms with Crippen molar-refractivity contribution in [2.24, 2.45) is 0 Å². The first-order chi connectivity index (χ1) is 9.12. The van der Waals surface area contributed by atoms with E-state index in [0.29, 0.717) is 23.1 Å². The van der Waals surface area contributed by atoms with E-state index in [1.807, 2.05) is 32.2 Å². The number of rotatable bonds is 4. The van der Waals surface area contributed by atoms with Crippen LogP contribution < -0.4 is 20.5 Å². The molecule has 0 unspecified atom stereocenters. The molecular weight excluding hydrogens is 242 g/mol. The van der Waals surface area contributed by atoms with Crippen molar-refractivity contribution in [2.45, 2.75) is 6.92 Å². The number of aryl methyl sites for hydroxylation is 1. The van der Waals surface area contributed by atoms with Crippen LogP contribution in [0.3, 0.4) is 0 Å². The van der Waals surface area contributed by atoms with Gasteiger partial charge < -0.3 is 20.5 Å². The number of hydrogen-bond acceptors (Lipinski definition) is 5. The predicted molar refractivity (Wildman–Crippen MR) is 76.0 cm³/mol. The average molecular weight is 259 g/mol. The monoisotopic (exact) mass is 259 g/mol. The molecule has 0 saturated heterocycles. The SMILES string of the molecule is CNc1cc(Oc2cc(C)nc(OC)c2)ccc1N. The molecule has 0 bridgehead atoms. The lowest BCUT2D eigenvalue weighted by Gasteiger charge is -2.11. The van der Waals surface area contributed by atoms with Crippen LogP contribution >= 0.6 is 0 Å². The maximum atomic E-state index is 5.82. The largest absolute Gasteiger partial charge is 0.481 e. The van der Waals surface area contributed by atoms with Crippen LogP contribution in [-0.2, 0) is 0 Å². The average Bonchev–Trinajstić information content (AvgIpc) is 2.40. The third kappa shape index (κ3) is 3.07. The normalized spacial score (nSPS) is 10.1. The molecule has 0 saturated carbocycles. The molecule has 2 rings (SSSR count). The molecule has 1 aromatic heterocycles. The van der Waals surface area contributed by atoms with E-state index in [-0.39, 0.29) is 0 Å². The van der Waals surface area contributed by atoms with Gasteiger partial charge in [0.15, 0.2) is 0 Å². The standard InChI is InChI=1S/C14H17N3O2/c1-9-6-11(8-14(17-9)18-3)19-10-4-5-12(15)13(7-10)16-2/h4-8,16H,15H2,1-3H3. The molecule has 1 aromatic carbocycles. The second-order valence-corrected chi connectivity index (χ2v) is 4.09. The highest BCUT2D eigenvalue weighted by molar-refractivity contribution is 5.68. The molecule has 100 valence electrons. The molecule has 0 spiro atoms. The number of nitrogen functional groups attached to an aromatic ring is 1. The highest BCUT2D eigenvalue weighted by atomic mass is 16.5. The molecule has 0 amide bonds. The van der Waals surface area contributed by atoms with Crippen LogP contribution in [0.25, 0.3) is 0 Å². The van der Waals surface area contributed by atoms with Crippen molar-refractivity contribution in [2.75, 3.05) is 25.2 Å². The smallest absolute Gasteiger partial charge is 0.216 e. The third-order valence-electron chi connectivity index (χ3n) is 2.64. The summed E-state index contributed by atoms with van der Waals surface area (Å²) < 4.78 is 10.9. The fraction of sp³-hybridized carbons (Fsp3) is 0.214. The van der Waals surface area contributed by atoms with Crippen LogP contribution in [0.15, 0.2) is 30.3 Å². The van der Waals surface area contributed by atoms with Gasteiger partial charge in [0, 0.05) is 30.9 Å². The van der Waals surface area contributed by atoms with E-state index < -0.39 is 0 Å². The van der Waals surface area contributed by atoms with E-state index in [4.69, 9.17) is 15.2 Å². The molecule has 0 aliphatic rings. The van der Waals surface area contributed by atoms with E-state index in [9.17, 15) is 0 Å². The van der Waals surface area contributed by atoms with E-state index in [1.165, 1.54) is 0 Å². The van der Waals surface area contributed by atoms with Crippen molar-refractivity contribution in [1.82, 2.24) is 4.98 Å². The van der Waals surface area contributed by atoms with Gasteiger partial charge in [0.25, 0.3) is 0 Å². The van der Waals surface area contributed by atoms with Crippen molar-refractivity contribution in [3.63, 3.8) is 0 Å². The lowest BCUT2D eigenvalue weighted by Crippen LogP contribution is -1.96. The number of hydrogen-bond donors (Lipinski definition) is 2. The second-order valence-electron chi connectivity index (χ2n) is 4.09. The number of benzene rings is 1. The molecule has 3 N–H and O–H groups in total. The van der Waals surface area contributed by atoms with Crippen LogP contribution in [0, 0.1) is 6.92 Å². The van der Waals surface area contributed by atoms with Crippen molar-refractivity contribution >= 4 is 11.4 Å². The number of anilines is 2. The molecule has 5 nitrogen and oxygen atoms in total. The maximum Gasteiger partial charge on any atom is 0.216 e. The fourth-order valence-corrected chi connectivity index (χ4v) is 1.72. The summed E-state index contributed by atoms with van der Waals surface area (Å²) >= 11 is 0. The third-order valence-corrected chi connectivity index (χ3v) is 2.64. The Bertz CT molecular complexity index is 585. The summed E-state index contributed by atoms with van der Waals surface area (Å²) in [6.45, 7) is 1.89. The zero-order valence-electron chi connectivity index (χ0n) is 11.2. The summed E-state index contributed by atoms with van der Waals surface area (Å²) in [5, 5.41) is 3.01. The van der Waals surface area contributed by atoms with Crippen LogP contribution in [0.2, 0.25) is 0 Å². The first-order valence-corrected chi connectivity index (χ1v) is 5.90. The summed E-state index contributed by atoms with van der Waals surface area (Å²) in [5.41, 5.74) is 8.16. The topological polar surface area (TPSA) is 69.4 Å². The van der Waals surface area contributed by atoms with E-state index in [0.717, 1.165) is 11.4 Å². The van der Waals surface area contributed by atoms with Crippen molar-refractivity contribution < 1.29 is 9.47 Å². The number of ether oxygens (including phenoxy) is 2. The molecule has 0 atom stereocenters. The van der Waals surface area contributed by atoms with Crippen molar-refractivity contribution in [1.29, 1.82) is 0 Å². The Hall–Kier alpha value is -2.43. The number of nitrogens with one attached hydrogen (secondary N) is 1. The van der Waals surface area contributed by atoms with E-state index in [2.05, 4.69) is 10.3 Å². The highest BCUT2D eigenvalue weighted by Gasteiger charge is 2.05. The molecule has 0 aliphatic carbocycles. The van der Waals surface area contributed by atoms with Crippen molar-refractivity contribution in [3.8, 4) is 17.4 Å². The number of pyridine rings is 1. The second kappa shape index (κ2) is 5.48. The lowest BCUT2D eigenvalue weighted by atomic mass is 10.2.